The van der Waals surface area contributed by atoms with E-state index in [1.807, 2.05) is 20.8 Å². The maximum absolute atomic E-state index is 11.3. The molecule has 0 atom stereocenters. The van der Waals surface area contributed by atoms with Gasteiger partial charge in [0, 0.05) is 6.07 Å². The van der Waals surface area contributed by atoms with Crippen LogP contribution in [0.3, 0.4) is 0 Å². The maximum atomic E-state index is 11.3. The highest BCUT2D eigenvalue weighted by Crippen LogP contribution is 2.16. The molecule has 0 fully saturated rings. The van der Waals surface area contributed by atoms with Gasteiger partial charge in [0.2, 0.25) is 0 Å². The lowest BCUT2D eigenvalue weighted by atomic mass is 10.2. The number of nitrogens with one attached hydrogen (secondary N) is 1. The summed E-state index contributed by atoms with van der Waals surface area (Å²) in [5.74, 6) is 0.663. The van der Waals surface area contributed by atoms with Gasteiger partial charge in [-0.25, -0.2) is 4.79 Å². The zero-order chi connectivity index (χ0) is 10.8. The number of ether oxygens (including phenoxy) is 1. The molecule has 1 aromatic rings. The normalized spacial score (nSPS) is 11.1. The molecule has 0 aromatic carbocycles. The van der Waals surface area contributed by atoms with Crippen LogP contribution in [0.2, 0.25) is 0 Å². The summed E-state index contributed by atoms with van der Waals surface area (Å²) in [6.07, 6.45) is 1.05. The second kappa shape index (κ2) is 3.74. The molecule has 1 heterocycles. The molecule has 4 heteroatoms. The largest absolute Gasteiger partial charge is 0.467 e. The van der Waals surface area contributed by atoms with Crippen LogP contribution in [0.5, 0.6) is 0 Å². The Morgan fingerprint density at radius 2 is 2.14 bits per heavy atom. The van der Waals surface area contributed by atoms with E-state index in [1.54, 1.807) is 13.0 Å². The third kappa shape index (κ3) is 3.12. The third-order valence-electron chi connectivity index (χ3n) is 1.49. The van der Waals surface area contributed by atoms with Crippen molar-refractivity contribution in [3.63, 3.8) is 0 Å². The van der Waals surface area contributed by atoms with Crippen LogP contribution in [0, 0.1) is 6.92 Å². The molecular weight excluding hydrogens is 182 g/mol. The monoisotopic (exact) mass is 197 g/mol. The lowest BCUT2D eigenvalue weighted by molar-refractivity contribution is 0.0635. The molecule has 0 saturated heterocycles. The van der Waals surface area contributed by atoms with Crippen molar-refractivity contribution >= 4 is 11.8 Å². The summed E-state index contributed by atoms with van der Waals surface area (Å²) >= 11 is 0. The Balaban J connectivity index is 2.54. The highest BCUT2D eigenvalue weighted by molar-refractivity contribution is 5.85. The quantitative estimate of drug-likeness (QED) is 0.753. The summed E-state index contributed by atoms with van der Waals surface area (Å²) in [6, 6.07) is 1.68. The lowest BCUT2D eigenvalue weighted by Crippen LogP contribution is -2.27. The molecule has 1 N–H and O–H groups in total. The summed E-state index contributed by atoms with van der Waals surface area (Å²) in [5.41, 5.74) is 0.154. The van der Waals surface area contributed by atoms with Crippen molar-refractivity contribution in [3.05, 3.63) is 18.1 Å². The molecule has 0 aliphatic carbocycles. The molecule has 1 rings (SSSR count). The lowest BCUT2D eigenvalue weighted by Gasteiger charge is -2.19. The Hall–Kier alpha value is -1.45. The van der Waals surface area contributed by atoms with E-state index in [4.69, 9.17) is 9.15 Å². The minimum atomic E-state index is -0.484. The van der Waals surface area contributed by atoms with E-state index in [1.165, 1.54) is 6.26 Å². The first-order valence-corrected chi connectivity index (χ1v) is 4.42. The summed E-state index contributed by atoms with van der Waals surface area (Å²) in [4.78, 5) is 11.3. The second-order valence-electron chi connectivity index (χ2n) is 4.02. The smallest absolute Gasteiger partial charge is 0.412 e. The van der Waals surface area contributed by atoms with Gasteiger partial charge in [-0.3, -0.25) is 5.32 Å². The fourth-order valence-electron chi connectivity index (χ4n) is 0.928. The van der Waals surface area contributed by atoms with Gasteiger partial charge in [-0.2, -0.15) is 0 Å². The van der Waals surface area contributed by atoms with Crippen molar-refractivity contribution in [1.82, 2.24) is 0 Å². The SMILES string of the molecule is Cc1occc1NC(=O)OC(C)(C)C. The van der Waals surface area contributed by atoms with Crippen molar-refractivity contribution < 1.29 is 13.9 Å². The minimum Gasteiger partial charge on any atom is -0.467 e. The van der Waals surface area contributed by atoms with Crippen molar-refractivity contribution in [1.29, 1.82) is 0 Å². The second-order valence-corrected chi connectivity index (χ2v) is 4.02. The highest BCUT2D eigenvalue weighted by atomic mass is 16.6. The fourth-order valence-corrected chi connectivity index (χ4v) is 0.928. The zero-order valence-electron chi connectivity index (χ0n) is 8.88. The number of aryl methyl sites for hydroxylation is 1. The van der Waals surface area contributed by atoms with Gasteiger partial charge < -0.3 is 9.15 Å². The van der Waals surface area contributed by atoms with Gasteiger partial charge in [0.25, 0.3) is 0 Å². The van der Waals surface area contributed by atoms with Crippen LogP contribution in [0.15, 0.2) is 16.7 Å². The average molecular weight is 197 g/mol. The molecule has 0 saturated carbocycles. The molecule has 4 nitrogen and oxygen atoms in total. The summed E-state index contributed by atoms with van der Waals surface area (Å²) in [6.45, 7) is 7.21. The number of amides is 1. The molecular formula is C10H15NO3. The molecule has 0 aliphatic heterocycles. The van der Waals surface area contributed by atoms with Crippen LogP contribution in [0.1, 0.15) is 26.5 Å². The molecule has 0 radical (unpaired) electrons. The van der Waals surface area contributed by atoms with Gasteiger partial charge in [0.15, 0.2) is 0 Å². The molecule has 1 amide bonds. The van der Waals surface area contributed by atoms with E-state index in [0.717, 1.165) is 0 Å². The maximum Gasteiger partial charge on any atom is 0.412 e. The summed E-state index contributed by atoms with van der Waals surface area (Å²) in [5, 5.41) is 2.59. The topological polar surface area (TPSA) is 51.5 Å². The molecule has 0 aliphatic rings. The van der Waals surface area contributed by atoms with Crippen LogP contribution in [0.4, 0.5) is 10.5 Å². The first kappa shape index (κ1) is 10.6. The van der Waals surface area contributed by atoms with Gasteiger partial charge in [-0.15, -0.1) is 0 Å². The predicted octanol–water partition coefficient (Wildman–Crippen LogP) is 2.94. The number of carbonyl (C=O) groups is 1. The van der Waals surface area contributed by atoms with Crippen LogP contribution >= 0.6 is 0 Å². The van der Waals surface area contributed by atoms with Crippen LogP contribution in [0.25, 0.3) is 0 Å². The molecule has 14 heavy (non-hydrogen) atoms. The number of carbonyl (C=O) groups excluding carboxylic acids is 1. The van der Waals surface area contributed by atoms with Crippen LogP contribution < -0.4 is 5.32 Å². The first-order chi connectivity index (χ1) is 6.38. The molecule has 1 aromatic heterocycles. The fraction of sp³-hybridized carbons (Fsp3) is 0.500. The van der Waals surface area contributed by atoms with Gasteiger partial charge in [0.1, 0.15) is 11.4 Å². The third-order valence-corrected chi connectivity index (χ3v) is 1.49. The summed E-state index contributed by atoms with van der Waals surface area (Å²) in [7, 11) is 0. The van der Waals surface area contributed by atoms with Gasteiger partial charge >= 0.3 is 6.09 Å². The summed E-state index contributed by atoms with van der Waals surface area (Å²) < 4.78 is 10.1. The zero-order valence-corrected chi connectivity index (χ0v) is 8.88. The van der Waals surface area contributed by atoms with Crippen molar-refractivity contribution in [2.45, 2.75) is 33.3 Å². The first-order valence-electron chi connectivity index (χ1n) is 4.42. The predicted molar refractivity (Wildman–Crippen MR) is 53.3 cm³/mol. The van der Waals surface area contributed by atoms with E-state index in [0.29, 0.717) is 11.4 Å². The average Bonchev–Trinajstić information content (AvgIpc) is 2.32. The van der Waals surface area contributed by atoms with E-state index in [-0.39, 0.29) is 0 Å². The van der Waals surface area contributed by atoms with Gasteiger partial charge in [-0.05, 0) is 27.7 Å². The van der Waals surface area contributed by atoms with E-state index < -0.39 is 11.7 Å². The van der Waals surface area contributed by atoms with Crippen molar-refractivity contribution in [3.8, 4) is 0 Å². The number of hydrogen-bond donors (Lipinski definition) is 1. The number of hydrogen-bond acceptors (Lipinski definition) is 3. The van der Waals surface area contributed by atoms with Crippen molar-refractivity contribution in [2.24, 2.45) is 0 Å². The Kier molecular flexibility index (Phi) is 2.84. The number of furan rings is 1. The minimum absolute atomic E-state index is 0.470. The van der Waals surface area contributed by atoms with Gasteiger partial charge in [0.05, 0.1) is 12.0 Å². The standard InChI is InChI=1S/C10H15NO3/c1-7-8(5-6-13-7)11-9(12)14-10(2,3)4/h5-6H,1-4H3,(H,11,12). The highest BCUT2D eigenvalue weighted by Gasteiger charge is 2.17. The van der Waals surface area contributed by atoms with Gasteiger partial charge in [-0.1, -0.05) is 0 Å². The van der Waals surface area contributed by atoms with Crippen LogP contribution in [-0.4, -0.2) is 11.7 Å². The van der Waals surface area contributed by atoms with E-state index in [2.05, 4.69) is 5.32 Å². The Labute approximate surface area is 83.2 Å². The number of anilines is 1. The Morgan fingerprint density at radius 1 is 1.50 bits per heavy atom. The molecule has 78 valence electrons. The Bertz CT molecular complexity index is 322. The Morgan fingerprint density at radius 3 is 2.57 bits per heavy atom. The van der Waals surface area contributed by atoms with Crippen molar-refractivity contribution in [2.75, 3.05) is 5.32 Å². The van der Waals surface area contributed by atoms with Crippen LogP contribution in [-0.2, 0) is 4.74 Å². The molecule has 0 spiro atoms. The van der Waals surface area contributed by atoms with E-state index >= 15 is 0 Å². The van der Waals surface area contributed by atoms with E-state index in [9.17, 15) is 4.79 Å². The molecule has 0 bridgehead atoms. The molecule has 0 unspecified atom stereocenters. The number of rotatable bonds is 1.